The lowest BCUT2D eigenvalue weighted by Crippen LogP contribution is -2.00. The Morgan fingerprint density at radius 2 is 2.23 bits per heavy atom. The zero-order valence-corrected chi connectivity index (χ0v) is 7.48. The van der Waals surface area contributed by atoms with E-state index in [0.29, 0.717) is 0 Å². The van der Waals surface area contributed by atoms with Crippen LogP contribution >= 0.6 is 11.6 Å². The van der Waals surface area contributed by atoms with Gasteiger partial charge in [-0.25, -0.2) is 13.8 Å². The number of nitrogens with zero attached hydrogens (tertiary/aromatic N) is 1. The molecule has 0 spiro atoms. The molecular weight excluding hydrogens is 202 g/mol. The Morgan fingerprint density at radius 1 is 1.62 bits per heavy atom. The van der Waals surface area contributed by atoms with E-state index in [9.17, 15) is 8.78 Å². The lowest BCUT2D eigenvalue weighted by molar-refractivity contribution is 0.146. The van der Waals surface area contributed by atoms with Crippen LogP contribution in [0.3, 0.4) is 0 Å². The predicted octanol–water partition coefficient (Wildman–Crippen LogP) is 2.26. The quantitative estimate of drug-likeness (QED) is 0.811. The maximum atomic E-state index is 12.4. The van der Waals surface area contributed by atoms with Gasteiger partial charge in [0.05, 0.1) is 24.0 Å². The van der Waals surface area contributed by atoms with Gasteiger partial charge in [-0.1, -0.05) is 11.6 Å². The molecular formula is C7H7ClF2N2O. The Bertz CT molecular complexity index is 320. The first-order valence-corrected chi connectivity index (χ1v) is 3.71. The first-order valence-electron chi connectivity index (χ1n) is 3.34. The van der Waals surface area contributed by atoms with Crippen LogP contribution in [0.25, 0.3) is 0 Å². The summed E-state index contributed by atoms with van der Waals surface area (Å²) in [7, 11) is 1.24. The molecule has 1 heterocycles. The Balaban J connectivity index is 3.32. The van der Waals surface area contributed by atoms with E-state index in [-0.39, 0.29) is 16.6 Å². The van der Waals surface area contributed by atoms with Gasteiger partial charge >= 0.3 is 0 Å². The molecule has 3 nitrogen and oxygen atoms in total. The zero-order chi connectivity index (χ0) is 10.0. The molecule has 1 aromatic heterocycles. The van der Waals surface area contributed by atoms with Gasteiger partial charge in [0.25, 0.3) is 6.43 Å². The minimum Gasteiger partial charge on any atom is -0.481 e. The number of aromatic nitrogens is 1. The summed E-state index contributed by atoms with van der Waals surface area (Å²) in [5, 5.41) is -0.207. The maximum Gasteiger partial charge on any atom is 0.270 e. The number of halogens is 3. The standard InChI is InChI=1S/C7H7ClF2N2O/c1-13-7-4(6(9)10)5(8)3(11)2-12-7/h2,6H,11H2,1H3. The SMILES string of the molecule is COc1ncc(N)c(Cl)c1C(F)F. The third-order valence-electron chi connectivity index (χ3n) is 1.45. The lowest BCUT2D eigenvalue weighted by Gasteiger charge is -2.09. The smallest absolute Gasteiger partial charge is 0.270 e. The Kier molecular flexibility index (Phi) is 2.87. The minimum atomic E-state index is -2.75. The first-order chi connectivity index (χ1) is 6.07. The minimum absolute atomic E-state index is 0.0118. The molecule has 0 atom stereocenters. The molecule has 13 heavy (non-hydrogen) atoms. The highest BCUT2D eigenvalue weighted by Crippen LogP contribution is 2.36. The van der Waals surface area contributed by atoms with E-state index in [1.165, 1.54) is 13.3 Å². The molecule has 2 N–H and O–H groups in total. The van der Waals surface area contributed by atoms with Gasteiger partial charge in [-0.15, -0.1) is 0 Å². The number of pyridine rings is 1. The summed E-state index contributed by atoms with van der Waals surface area (Å²) in [5.41, 5.74) is 4.84. The van der Waals surface area contributed by atoms with Crippen LogP contribution in [0, 0.1) is 0 Å². The number of hydrogen-bond donors (Lipinski definition) is 1. The zero-order valence-electron chi connectivity index (χ0n) is 6.72. The summed E-state index contributed by atoms with van der Waals surface area (Å²) in [6, 6.07) is 0. The van der Waals surface area contributed by atoms with Crippen molar-refractivity contribution in [1.82, 2.24) is 4.98 Å². The van der Waals surface area contributed by atoms with Gasteiger partial charge in [-0.3, -0.25) is 0 Å². The van der Waals surface area contributed by atoms with Crippen LogP contribution in [-0.4, -0.2) is 12.1 Å². The summed E-state index contributed by atoms with van der Waals surface area (Å²) in [6.45, 7) is 0. The van der Waals surface area contributed by atoms with E-state index in [1.54, 1.807) is 0 Å². The second-order valence-corrected chi connectivity index (χ2v) is 2.63. The maximum absolute atomic E-state index is 12.4. The molecule has 0 aliphatic heterocycles. The molecule has 72 valence electrons. The van der Waals surface area contributed by atoms with Crippen molar-refractivity contribution in [1.29, 1.82) is 0 Å². The average Bonchev–Trinajstić information content (AvgIpc) is 2.08. The highest BCUT2D eigenvalue weighted by molar-refractivity contribution is 6.34. The van der Waals surface area contributed by atoms with E-state index >= 15 is 0 Å². The fourth-order valence-electron chi connectivity index (χ4n) is 0.856. The largest absolute Gasteiger partial charge is 0.481 e. The summed E-state index contributed by atoms with van der Waals surface area (Å²) >= 11 is 5.55. The summed E-state index contributed by atoms with van der Waals surface area (Å²) in [5.74, 6) is -0.200. The second kappa shape index (κ2) is 3.74. The van der Waals surface area contributed by atoms with E-state index in [1.807, 2.05) is 0 Å². The molecule has 1 rings (SSSR count). The number of ether oxygens (including phenoxy) is 1. The van der Waals surface area contributed by atoms with Crippen molar-refractivity contribution in [2.45, 2.75) is 6.43 Å². The van der Waals surface area contributed by atoms with Gasteiger partial charge in [0, 0.05) is 0 Å². The molecule has 0 bridgehead atoms. The molecule has 0 aliphatic carbocycles. The van der Waals surface area contributed by atoms with Gasteiger partial charge in [-0.2, -0.15) is 0 Å². The molecule has 0 aliphatic rings. The van der Waals surface area contributed by atoms with E-state index in [0.717, 1.165) is 0 Å². The van der Waals surface area contributed by atoms with Gasteiger partial charge in [0.15, 0.2) is 0 Å². The Morgan fingerprint density at radius 3 is 2.69 bits per heavy atom. The summed E-state index contributed by atoms with van der Waals surface area (Å²) in [4.78, 5) is 3.57. The van der Waals surface area contributed by atoms with Crippen LogP contribution in [0.4, 0.5) is 14.5 Å². The normalized spacial score (nSPS) is 10.5. The van der Waals surface area contributed by atoms with Crippen molar-refractivity contribution in [3.8, 4) is 5.88 Å². The summed E-state index contributed by atoms with van der Waals surface area (Å²) < 4.78 is 29.4. The van der Waals surface area contributed by atoms with Gasteiger partial charge in [0.1, 0.15) is 5.56 Å². The summed E-state index contributed by atoms with van der Waals surface area (Å²) in [6.07, 6.45) is -1.58. The Labute approximate surface area is 78.5 Å². The lowest BCUT2D eigenvalue weighted by atomic mass is 10.2. The van der Waals surface area contributed by atoms with E-state index in [2.05, 4.69) is 9.72 Å². The molecule has 0 radical (unpaired) electrons. The van der Waals surface area contributed by atoms with Crippen LogP contribution < -0.4 is 10.5 Å². The monoisotopic (exact) mass is 208 g/mol. The van der Waals surface area contributed by atoms with Crippen molar-refractivity contribution in [3.63, 3.8) is 0 Å². The molecule has 1 aromatic rings. The predicted molar refractivity (Wildman–Crippen MR) is 45.2 cm³/mol. The van der Waals surface area contributed by atoms with Crippen molar-refractivity contribution in [3.05, 3.63) is 16.8 Å². The van der Waals surface area contributed by atoms with Crippen molar-refractivity contribution >= 4 is 17.3 Å². The van der Waals surface area contributed by atoms with Crippen LogP contribution in [-0.2, 0) is 0 Å². The number of nitrogen functional groups attached to an aromatic ring is 1. The third kappa shape index (κ3) is 1.80. The highest BCUT2D eigenvalue weighted by atomic mass is 35.5. The van der Waals surface area contributed by atoms with Crippen LogP contribution in [0.15, 0.2) is 6.20 Å². The van der Waals surface area contributed by atoms with Gasteiger partial charge in [0.2, 0.25) is 5.88 Å². The number of rotatable bonds is 2. The number of alkyl halides is 2. The van der Waals surface area contributed by atoms with Crippen LogP contribution in [0.2, 0.25) is 5.02 Å². The number of anilines is 1. The Hall–Kier alpha value is -1.10. The van der Waals surface area contributed by atoms with Crippen molar-refractivity contribution < 1.29 is 13.5 Å². The number of methoxy groups -OCH3 is 1. The molecule has 6 heteroatoms. The van der Waals surface area contributed by atoms with E-state index < -0.39 is 12.0 Å². The molecule has 0 unspecified atom stereocenters. The topological polar surface area (TPSA) is 48.1 Å². The average molecular weight is 209 g/mol. The second-order valence-electron chi connectivity index (χ2n) is 2.25. The highest BCUT2D eigenvalue weighted by Gasteiger charge is 2.20. The molecule has 0 saturated carbocycles. The molecule has 0 saturated heterocycles. The van der Waals surface area contributed by atoms with Crippen molar-refractivity contribution in [2.75, 3.05) is 12.8 Å². The number of nitrogens with two attached hydrogens (primary N) is 1. The molecule has 0 aromatic carbocycles. The van der Waals surface area contributed by atoms with Crippen LogP contribution in [0.5, 0.6) is 5.88 Å². The van der Waals surface area contributed by atoms with Gasteiger partial charge in [-0.05, 0) is 0 Å². The number of hydrogen-bond acceptors (Lipinski definition) is 3. The fraction of sp³-hybridized carbons (Fsp3) is 0.286. The molecule has 0 amide bonds. The van der Waals surface area contributed by atoms with E-state index in [4.69, 9.17) is 17.3 Å². The molecule has 0 fully saturated rings. The van der Waals surface area contributed by atoms with Gasteiger partial charge < -0.3 is 10.5 Å². The first kappa shape index (κ1) is 9.98. The van der Waals surface area contributed by atoms with Crippen LogP contribution in [0.1, 0.15) is 12.0 Å². The fourth-order valence-corrected chi connectivity index (χ4v) is 1.07. The van der Waals surface area contributed by atoms with Crippen molar-refractivity contribution in [2.24, 2.45) is 0 Å². The third-order valence-corrected chi connectivity index (χ3v) is 1.87.